The molecule has 0 aliphatic rings. The van der Waals surface area contributed by atoms with Gasteiger partial charge >= 0.3 is 5.97 Å². The molecule has 7 nitrogen and oxygen atoms in total. The number of carbonyl (C=O) groups excluding carboxylic acids is 1. The van der Waals surface area contributed by atoms with Crippen molar-refractivity contribution in [3.05, 3.63) is 29.8 Å². The standard InChI is InChI=1S/C30H52O7/c1-3-5-7-8-9-11-12-28-14-16-29(17-15-28)36-26-24-34-22-20-32-18-19-33-21-23-35-25-27-37-30(31)13-10-6-4-2/h14-17H,3-13,18-27H2,1-2H3. The Morgan fingerprint density at radius 2 is 1.05 bits per heavy atom. The van der Waals surface area contributed by atoms with Gasteiger partial charge in [-0.25, -0.2) is 0 Å². The zero-order valence-electron chi connectivity index (χ0n) is 23.5. The van der Waals surface area contributed by atoms with Gasteiger partial charge in [0.15, 0.2) is 0 Å². The SMILES string of the molecule is CCCCCCCCc1ccc(OCCOCCOCCOCCOCCOC(=O)CCCCC)cc1. The fourth-order valence-corrected chi connectivity index (χ4v) is 3.65. The first-order valence-electron chi connectivity index (χ1n) is 14.4. The lowest BCUT2D eigenvalue weighted by molar-refractivity contribution is -0.145. The summed E-state index contributed by atoms with van der Waals surface area (Å²) in [6.45, 7) is 9.14. The molecule has 1 rings (SSSR count). The summed E-state index contributed by atoms with van der Waals surface area (Å²) in [4.78, 5) is 11.4. The fraction of sp³-hybridized carbons (Fsp3) is 0.767. The van der Waals surface area contributed by atoms with E-state index in [9.17, 15) is 4.79 Å². The highest BCUT2D eigenvalue weighted by molar-refractivity contribution is 5.69. The number of carbonyl (C=O) groups is 1. The molecular formula is C30H52O7. The number of unbranched alkanes of at least 4 members (excludes halogenated alkanes) is 7. The number of ether oxygens (including phenoxy) is 6. The van der Waals surface area contributed by atoms with Gasteiger partial charge in [0, 0.05) is 6.42 Å². The predicted octanol–water partition coefficient (Wildman–Crippen LogP) is 6.16. The molecule has 0 fully saturated rings. The van der Waals surface area contributed by atoms with Crippen molar-refractivity contribution in [1.82, 2.24) is 0 Å². The Balaban J connectivity index is 1.81. The van der Waals surface area contributed by atoms with Crippen molar-refractivity contribution in [3.8, 4) is 5.75 Å². The molecule has 0 aliphatic heterocycles. The van der Waals surface area contributed by atoms with Crippen LogP contribution in [0, 0.1) is 0 Å². The minimum atomic E-state index is -0.148. The molecule has 1 aromatic carbocycles. The summed E-state index contributed by atoms with van der Waals surface area (Å²) < 4.78 is 32.7. The van der Waals surface area contributed by atoms with Gasteiger partial charge in [0.1, 0.15) is 19.0 Å². The van der Waals surface area contributed by atoms with Crippen molar-refractivity contribution in [3.63, 3.8) is 0 Å². The van der Waals surface area contributed by atoms with E-state index < -0.39 is 0 Å². The maximum Gasteiger partial charge on any atom is 0.305 e. The summed E-state index contributed by atoms with van der Waals surface area (Å²) in [6, 6.07) is 8.42. The summed E-state index contributed by atoms with van der Waals surface area (Å²) in [5.41, 5.74) is 1.38. The monoisotopic (exact) mass is 524 g/mol. The van der Waals surface area contributed by atoms with E-state index in [2.05, 4.69) is 26.0 Å². The largest absolute Gasteiger partial charge is 0.491 e. The second-order valence-electron chi connectivity index (χ2n) is 9.14. The van der Waals surface area contributed by atoms with E-state index in [1.54, 1.807) is 0 Å². The van der Waals surface area contributed by atoms with E-state index in [0.29, 0.717) is 72.5 Å². The van der Waals surface area contributed by atoms with E-state index in [0.717, 1.165) is 31.4 Å². The van der Waals surface area contributed by atoms with Crippen LogP contribution in [0.1, 0.15) is 83.6 Å². The molecule has 0 N–H and O–H groups in total. The summed E-state index contributed by atoms with van der Waals surface area (Å²) in [6.07, 6.45) is 12.6. The minimum Gasteiger partial charge on any atom is -0.491 e. The number of rotatable bonds is 27. The Bertz CT molecular complexity index is 621. The molecule has 7 heteroatoms. The van der Waals surface area contributed by atoms with Crippen LogP contribution in [0.4, 0.5) is 0 Å². The molecule has 0 saturated heterocycles. The first kappa shape index (κ1) is 33.4. The van der Waals surface area contributed by atoms with Gasteiger partial charge in [0.05, 0.1) is 52.9 Å². The predicted molar refractivity (Wildman–Crippen MR) is 147 cm³/mol. The average molecular weight is 525 g/mol. The Morgan fingerprint density at radius 3 is 1.65 bits per heavy atom. The zero-order valence-corrected chi connectivity index (χ0v) is 23.5. The van der Waals surface area contributed by atoms with Gasteiger partial charge in [-0.05, 0) is 37.0 Å². The third-order valence-electron chi connectivity index (χ3n) is 5.83. The topological polar surface area (TPSA) is 72.5 Å². The molecule has 0 aliphatic carbocycles. The van der Waals surface area contributed by atoms with Gasteiger partial charge in [-0.1, -0.05) is 70.9 Å². The van der Waals surface area contributed by atoms with Crippen LogP contribution < -0.4 is 4.74 Å². The number of benzene rings is 1. The molecule has 0 amide bonds. The number of esters is 1. The molecule has 214 valence electrons. The molecule has 0 aromatic heterocycles. The first-order valence-corrected chi connectivity index (χ1v) is 14.4. The van der Waals surface area contributed by atoms with Crippen LogP contribution in [0.15, 0.2) is 24.3 Å². The van der Waals surface area contributed by atoms with E-state index in [4.69, 9.17) is 28.4 Å². The summed E-state index contributed by atoms with van der Waals surface area (Å²) in [7, 11) is 0. The summed E-state index contributed by atoms with van der Waals surface area (Å²) >= 11 is 0. The van der Waals surface area contributed by atoms with Crippen LogP contribution in [-0.4, -0.2) is 72.0 Å². The quantitative estimate of drug-likeness (QED) is 0.101. The van der Waals surface area contributed by atoms with Gasteiger partial charge in [-0.3, -0.25) is 4.79 Å². The van der Waals surface area contributed by atoms with Gasteiger partial charge in [-0.2, -0.15) is 0 Å². The number of aryl methyl sites for hydroxylation is 1. The van der Waals surface area contributed by atoms with E-state index in [-0.39, 0.29) is 5.97 Å². The first-order chi connectivity index (χ1) is 18.3. The van der Waals surface area contributed by atoms with Gasteiger partial charge in [0.2, 0.25) is 0 Å². The van der Waals surface area contributed by atoms with Crippen molar-refractivity contribution >= 4 is 5.97 Å². The van der Waals surface area contributed by atoms with Crippen molar-refractivity contribution in [2.45, 2.75) is 84.5 Å². The maximum atomic E-state index is 11.4. The molecular weight excluding hydrogens is 472 g/mol. The zero-order chi connectivity index (χ0) is 26.7. The van der Waals surface area contributed by atoms with E-state index in [1.807, 2.05) is 12.1 Å². The third-order valence-corrected chi connectivity index (χ3v) is 5.83. The molecule has 0 atom stereocenters. The molecule has 0 radical (unpaired) electrons. The average Bonchev–Trinajstić information content (AvgIpc) is 2.91. The smallest absolute Gasteiger partial charge is 0.305 e. The molecule has 0 spiro atoms. The van der Waals surface area contributed by atoms with Crippen LogP contribution in [0.25, 0.3) is 0 Å². The molecule has 37 heavy (non-hydrogen) atoms. The molecule has 0 heterocycles. The Labute approximate surface area is 225 Å². The Morgan fingerprint density at radius 1 is 0.568 bits per heavy atom. The third kappa shape index (κ3) is 22.1. The normalized spacial score (nSPS) is 11.1. The van der Waals surface area contributed by atoms with Crippen LogP contribution in [-0.2, 0) is 34.9 Å². The fourth-order valence-electron chi connectivity index (χ4n) is 3.65. The van der Waals surface area contributed by atoms with Crippen molar-refractivity contribution in [2.24, 2.45) is 0 Å². The van der Waals surface area contributed by atoms with Gasteiger partial charge in [0.25, 0.3) is 0 Å². The maximum absolute atomic E-state index is 11.4. The van der Waals surface area contributed by atoms with E-state index >= 15 is 0 Å². The van der Waals surface area contributed by atoms with Crippen LogP contribution in [0.5, 0.6) is 5.75 Å². The highest BCUT2D eigenvalue weighted by Crippen LogP contribution is 2.15. The van der Waals surface area contributed by atoms with E-state index in [1.165, 1.54) is 44.1 Å². The lowest BCUT2D eigenvalue weighted by Crippen LogP contribution is -2.15. The lowest BCUT2D eigenvalue weighted by atomic mass is 10.0. The summed E-state index contributed by atoms with van der Waals surface area (Å²) in [5, 5.41) is 0. The summed E-state index contributed by atoms with van der Waals surface area (Å²) in [5.74, 6) is 0.738. The highest BCUT2D eigenvalue weighted by Gasteiger charge is 2.02. The highest BCUT2D eigenvalue weighted by atomic mass is 16.6. The van der Waals surface area contributed by atoms with Crippen LogP contribution >= 0.6 is 0 Å². The second-order valence-corrected chi connectivity index (χ2v) is 9.14. The minimum absolute atomic E-state index is 0.148. The van der Waals surface area contributed by atoms with Gasteiger partial charge in [-0.15, -0.1) is 0 Å². The number of hydrogen-bond donors (Lipinski definition) is 0. The molecule has 0 unspecified atom stereocenters. The van der Waals surface area contributed by atoms with Crippen LogP contribution in [0.3, 0.4) is 0 Å². The molecule has 1 aromatic rings. The van der Waals surface area contributed by atoms with Crippen molar-refractivity contribution < 1.29 is 33.2 Å². The van der Waals surface area contributed by atoms with Crippen molar-refractivity contribution in [1.29, 1.82) is 0 Å². The second kappa shape index (κ2) is 26.0. The Hall–Kier alpha value is -1.67. The van der Waals surface area contributed by atoms with Crippen molar-refractivity contribution in [2.75, 3.05) is 66.1 Å². The molecule has 0 saturated carbocycles. The van der Waals surface area contributed by atoms with Gasteiger partial charge < -0.3 is 28.4 Å². The molecule has 0 bridgehead atoms. The number of hydrogen-bond acceptors (Lipinski definition) is 7. The lowest BCUT2D eigenvalue weighted by Gasteiger charge is -2.09. The Kier molecular flexibility index (Phi) is 23.4. The van der Waals surface area contributed by atoms with Crippen LogP contribution in [0.2, 0.25) is 0 Å².